The number of hydrogen-bond acceptors (Lipinski definition) is 11. The molecule has 2 N–H and O–H groups in total. The molecule has 1 aromatic rings. The van der Waals surface area contributed by atoms with Crippen molar-refractivity contribution in [1.29, 1.82) is 0 Å². The van der Waals surface area contributed by atoms with Crippen molar-refractivity contribution in [3.63, 3.8) is 0 Å². The van der Waals surface area contributed by atoms with Crippen LogP contribution in [0.3, 0.4) is 0 Å². The van der Waals surface area contributed by atoms with Gasteiger partial charge in [-0.2, -0.15) is 0 Å². The van der Waals surface area contributed by atoms with Gasteiger partial charge in [-0.1, -0.05) is 151 Å². The minimum atomic E-state index is -4.69. The van der Waals surface area contributed by atoms with Gasteiger partial charge < -0.3 is 42.5 Å². The summed E-state index contributed by atoms with van der Waals surface area (Å²) in [6.45, 7) is 8.15. The molecule has 12 nitrogen and oxygen atoms in total. The lowest BCUT2D eigenvalue weighted by Gasteiger charge is -2.28. The summed E-state index contributed by atoms with van der Waals surface area (Å²) in [5.41, 5.74) is 2.67. The van der Waals surface area contributed by atoms with Gasteiger partial charge in [0, 0.05) is 25.7 Å². The highest BCUT2D eigenvalue weighted by molar-refractivity contribution is 7.45. The number of unbranched alkanes of at least 4 members (excludes halogenated alkanes) is 11. The number of esters is 2. The van der Waals surface area contributed by atoms with E-state index >= 15 is 0 Å². The van der Waals surface area contributed by atoms with Gasteiger partial charge in [0.25, 0.3) is 7.82 Å². The Morgan fingerprint density at radius 1 is 0.672 bits per heavy atom. The van der Waals surface area contributed by atoms with Gasteiger partial charge >= 0.3 is 11.9 Å². The molecule has 13 heteroatoms. The monoisotopic (exact) mass is 960 g/mol. The predicted octanol–water partition coefficient (Wildman–Crippen LogP) is 11.5. The molecule has 0 aliphatic carbocycles. The number of allylic oxidation sites excluding steroid dienone is 8. The molecule has 382 valence electrons. The number of phosphoric acid groups is 1. The zero-order valence-corrected chi connectivity index (χ0v) is 43.4. The molecule has 0 bridgehead atoms. The standard InChI is InChI=1S/C54H90NO11P/c1-8-10-26-34-48(56)36-29-24-25-30-37-49(57)35-28-20-18-19-22-32-40-53(58)62-44-50(45-64-67(60,61)63-43-42-55(5,6)7)65-54(59)41-33-23-17-15-13-12-14-16-21-31-39-52-47(4)46(3)51(66-52)38-27-11-9-2/h10,19-20,22,24-26,28-30,36-37,48-50,56-57H,8-9,11-18,21,23,27,31-35,38-45H2,1-7H3/b22-19-,25-24-,26-10-,28-20-,36-29+,37-30+/t48-,49+,50-/m1/s1. The summed E-state index contributed by atoms with van der Waals surface area (Å²) in [5, 5.41) is 20.0. The molecule has 0 fully saturated rings. The van der Waals surface area contributed by atoms with Gasteiger partial charge in [0.05, 0.1) is 40.0 Å². The Balaban J connectivity index is 2.39. The van der Waals surface area contributed by atoms with Crippen molar-refractivity contribution in [1.82, 2.24) is 0 Å². The Morgan fingerprint density at radius 2 is 1.21 bits per heavy atom. The number of nitrogens with zero attached hydrogens (tertiary/aromatic N) is 1. The molecule has 0 amide bonds. The van der Waals surface area contributed by atoms with E-state index < -0.39 is 44.7 Å². The number of aliphatic hydroxyl groups excluding tert-OH is 2. The number of ether oxygens (including phenoxy) is 2. The van der Waals surface area contributed by atoms with Gasteiger partial charge in [0.15, 0.2) is 6.10 Å². The Labute approximate surface area is 405 Å². The molecule has 0 aromatic carbocycles. The second-order valence-electron chi connectivity index (χ2n) is 18.4. The SMILES string of the molecule is CC/C=C\C[C@@H](O)/C=C/C=C\C=C\[C@@H](O)C/C=C\C/C=C\CCC(=O)OC[C@H](COP(=O)([O-])OCC[N+](C)(C)C)OC(=O)CCCCCCCCCCCCc1oc(CCCCC)c(C)c1C. The number of hydrogen-bond donors (Lipinski definition) is 2. The summed E-state index contributed by atoms with van der Waals surface area (Å²) < 4.78 is 40.1. The van der Waals surface area contributed by atoms with Crippen LogP contribution in [0.25, 0.3) is 0 Å². The van der Waals surface area contributed by atoms with Crippen LogP contribution in [0.4, 0.5) is 0 Å². The topological polar surface area (TPSA) is 165 Å². The molecule has 0 saturated heterocycles. The first-order valence-corrected chi connectivity index (χ1v) is 26.7. The van der Waals surface area contributed by atoms with E-state index in [0.29, 0.717) is 43.1 Å². The zero-order valence-electron chi connectivity index (χ0n) is 42.5. The molecule has 1 aromatic heterocycles. The fourth-order valence-electron chi connectivity index (χ4n) is 6.86. The van der Waals surface area contributed by atoms with Gasteiger partial charge in [-0.3, -0.25) is 14.2 Å². The van der Waals surface area contributed by atoms with E-state index in [1.54, 1.807) is 36.5 Å². The smallest absolute Gasteiger partial charge is 0.306 e. The first-order valence-electron chi connectivity index (χ1n) is 25.2. The van der Waals surface area contributed by atoms with Crippen molar-refractivity contribution in [2.75, 3.05) is 47.5 Å². The van der Waals surface area contributed by atoms with Crippen LogP contribution in [-0.2, 0) is 45.5 Å². The molecule has 0 aliphatic rings. The van der Waals surface area contributed by atoms with Crippen molar-refractivity contribution >= 4 is 19.8 Å². The molecule has 1 unspecified atom stereocenters. The summed E-state index contributed by atoms with van der Waals surface area (Å²) in [7, 11) is 1.04. The van der Waals surface area contributed by atoms with Gasteiger partial charge in [-0.15, -0.1) is 0 Å². The summed E-state index contributed by atoms with van der Waals surface area (Å²) >= 11 is 0. The fourth-order valence-corrected chi connectivity index (χ4v) is 7.59. The van der Waals surface area contributed by atoms with Crippen molar-refractivity contribution in [3.8, 4) is 0 Å². The van der Waals surface area contributed by atoms with Gasteiger partial charge in [-0.05, 0) is 76.3 Å². The molecule has 0 spiro atoms. The van der Waals surface area contributed by atoms with Crippen LogP contribution in [-0.4, -0.2) is 92.5 Å². The van der Waals surface area contributed by atoms with Crippen LogP contribution in [0, 0.1) is 13.8 Å². The lowest BCUT2D eigenvalue weighted by molar-refractivity contribution is -0.870. The Kier molecular flexibility index (Phi) is 35.4. The molecule has 67 heavy (non-hydrogen) atoms. The molecule has 0 saturated carbocycles. The summed E-state index contributed by atoms with van der Waals surface area (Å²) in [5.74, 6) is 1.33. The number of furan rings is 1. The average molecular weight is 960 g/mol. The third-order valence-electron chi connectivity index (χ3n) is 11.1. The van der Waals surface area contributed by atoms with Crippen LogP contribution >= 0.6 is 7.82 Å². The summed E-state index contributed by atoms with van der Waals surface area (Å²) in [6, 6.07) is 0. The fraction of sp³-hybridized carbons (Fsp3) is 0.667. The van der Waals surface area contributed by atoms with Gasteiger partial charge in [0.1, 0.15) is 31.3 Å². The number of likely N-dealkylation sites (N-methyl/N-ethyl adjacent to an activating group) is 1. The molecular weight excluding hydrogens is 870 g/mol. The number of rotatable bonds is 41. The van der Waals surface area contributed by atoms with Crippen LogP contribution in [0.1, 0.15) is 165 Å². The normalized spacial score (nSPS) is 15.0. The quantitative estimate of drug-likeness (QED) is 0.0160. The van der Waals surface area contributed by atoms with E-state index in [4.69, 9.17) is 22.9 Å². The minimum absolute atomic E-state index is 0.0695. The number of carbonyl (C=O) groups is 2. The third-order valence-corrected chi connectivity index (χ3v) is 12.1. The lowest BCUT2D eigenvalue weighted by atomic mass is 10.0. The van der Waals surface area contributed by atoms with E-state index in [9.17, 15) is 29.3 Å². The highest BCUT2D eigenvalue weighted by Crippen LogP contribution is 2.38. The molecule has 0 radical (unpaired) electrons. The molecule has 0 aliphatic heterocycles. The Hall–Kier alpha value is -3.35. The molecule has 4 atom stereocenters. The van der Waals surface area contributed by atoms with Crippen molar-refractivity contribution < 1.29 is 56.7 Å². The minimum Gasteiger partial charge on any atom is -0.756 e. The second kappa shape index (κ2) is 38.5. The Morgan fingerprint density at radius 3 is 1.78 bits per heavy atom. The van der Waals surface area contributed by atoms with Gasteiger partial charge in [-0.25, -0.2) is 0 Å². The van der Waals surface area contributed by atoms with Crippen molar-refractivity contribution in [2.45, 2.75) is 187 Å². The number of phosphoric ester groups is 1. The summed E-state index contributed by atoms with van der Waals surface area (Å²) in [6.07, 6.45) is 39.7. The van der Waals surface area contributed by atoms with Crippen LogP contribution in [0.5, 0.6) is 0 Å². The number of aryl methyl sites for hydroxylation is 2. The highest BCUT2D eigenvalue weighted by Gasteiger charge is 2.22. The average Bonchev–Trinajstić information content (AvgIpc) is 3.54. The second-order valence-corrected chi connectivity index (χ2v) is 19.8. The van der Waals surface area contributed by atoms with E-state index in [1.165, 1.54) is 74.0 Å². The van der Waals surface area contributed by atoms with E-state index in [2.05, 4.69) is 20.8 Å². The molecule has 1 rings (SSSR count). The first-order chi connectivity index (χ1) is 32.1. The van der Waals surface area contributed by atoms with E-state index in [1.807, 2.05) is 64.5 Å². The van der Waals surface area contributed by atoms with E-state index in [0.717, 1.165) is 44.9 Å². The maximum atomic E-state index is 12.8. The maximum Gasteiger partial charge on any atom is 0.306 e. The number of carbonyl (C=O) groups excluding carboxylic acids is 2. The lowest BCUT2D eigenvalue weighted by Crippen LogP contribution is -2.37. The van der Waals surface area contributed by atoms with Crippen LogP contribution in [0.15, 0.2) is 77.3 Å². The predicted molar refractivity (Wildman–Crippen MR) is 269 cm³/mol. The first kappa shape index (κ1) is 61.7. The molecule has 1 heterocycles. The Bertz CT molecular complexity index is 1690. The third kappa shape index (κ3) is 35.4. The van der Waals surface area contributed by atoms with E-state index in [-0.39, 0.29) is 26.1 Å². The number of quaternary nitrogens is 1. The molecular formula is C54H90NO11P. The highest BCUT2D eigenvalue weighted by atomic mass is 31.2. The largest absolute Gasteiger partial charge is 0.756 e. The van der Waals surface area contributed by atoms with Crippen molar-refractivity contribution in [3.05, 3.63) is 95.6 Å². The zero-order chi connectivity index (χ0) is 49.6. The van der Waals surface area contributed by atoms with Crippen molar-refractivity contribution in [2.24, 2.45) is 0 Å². The van der Waals surface area contributed by atoms with Gasteiger partial charge in [0.2, 0.25) is 0 Å². The maximum absolute atomic E-state index is 12.8. The summed E-state index contributed by atoms with van der Waals surface area (Å²) in [4.78, 5) is 37.8. The van der Waals surface area contributed by atoms with Crippen LogP contribution < -0.4 is 4.89 Å². The van der Waals surface area contributed by atoms with Crippen LogP contribution in [0.2, 0.25) is 0 Å². The number of aliphatic hydroxyl groups is 2.